The average molecular weight is 251 g/mol. The molecular weight excluding hydrogens is 239 g/mol. The molecule has 0 aliphatic heterocycles. The first kappa shape index (κ1) is 10.8. The summed E-state index contributed by atoms with van der Waals surface area (Å²) in [5, 5.41) is 5.13. The minimum atomic E-state index is -0.223. The molecule has 17 heavy (non-hydrogen) atoms. The summed E-state index contributed by atoms with van der Waals surface area (Å²) in [7, 11) is 0. The minimum absolute atomic E-state index is 0.223. The monoisotopic (exact) mass is 250 g/mol. The van der Waals surface area contributed by atoms with Crippen LogP contribution in [-0.2, 0) is 6.54 Å². The van der Waals surface area contributed by atoms with E-state index < -0.39 is 0 Å². The van der Waals surface area contributed by atoms with Crippen LogP contribution in [0.5, 0.6) is 0 Å². The third-order valence-corrected chi connectivity index (χ3v) is 3.30. The van der Waals surface area contributed by atoms with Gasteiger partial charge in [-0.2, -0.15) is 5.10 Å². The van der Waals surface area contributed by atoms with Crippen molar-refractivity contribution in [2.45, 2.75) is 25.3 Å². The molecule has 0 saturated heterocycles. The van der Waals surface area contributed by atoms with Crippen LogP contribution in [0.4, 0.5) is 4.39 Å². The van der Waals surface area contributed by atoms with Gasteiger partial charge in [-0.15, -0.1) is 0 Å². The second-order valence-corrected chi connectivity index (χ2v) is 4.84. The van der Waals surface area contributed by atoms with Crippen LogP contribution in [-0.4, -0.2) is 9.78 Å². The molecule has 1 fully saturated rings. The van der Waals surface area contributed by atoms with Crippen LogP contribution in [0, 0.1) is 5.82 Å². The van der Waals surface area contributed by atoms with Crippen molar-refractivity contribution in [2.75, 3.05) is 0 Å². The predicted octanol–water partition coefficient (Wildman–Crippen LogP) is 3.60. The summed E-state index contributed by atoms with van der Waals surface area (Å²) in [6, 6.07) is 8.35. The molecule has 0 spiro atoms. The first-order valence-corrected chi connectivity index (χ1v) is 6.08. The van der Waals surface area contributed by atoms with E-state index in [-0.39, 0.29) is 5.82 Å². The number of aromatic nitrogens is 2. The number of nitrogens with zero attached hydrogens (tertiary/aromatic N) is 2. The normalized spacial score (nSPS) is 15.2. The van der Waals surface area contributed by atoms with Crippen molar-refractivity contribution in [1.82, 2.24) is 9.78 Å². The molecule has 3 rings (SSSR count). The van der Waals surface area contributed by atoms with Crippen LogP contribution in [0.25, 0.3) is 0 Å². The summed E-state index contributed by atoms with van der Waals surface area (Å²) in [6.45, 7) is 0.589. The van der Waals surface area contributed by atoms with Gasteiger partial charge >= 0.3 is 0 Å². The zero-order valence-electron chi connectivity index (χ0n) is 9.24. The van der Waals surface area contributed by atoms with E-state index in [4.69, 9.17) is 11.6 Å². The summed E-state index contributed by atoms with van der Waals surface area (Å²) < 4.78 is 14.5. The molecule has 1 aliphatic carbocycles. The third kappa shape index (κ3) is 2.34. The van der Waals surface area contributed by atoms with Crippen molar-refractivity contribution >= 4 is 11.6 Å². The highest BCUT2D eigenvalue weighted by Crippen LogP contribution is 2.40. The van der Waals surface area contributed by atoms with Crippen molar-refractivity contribution < 1.29 is 4.39 Å². The van der Waals surface area contributed by atoms with Gasteiger partial charge in [0.25, 0.3) is 0 Å². The van der Waals surface area contributed by atoms with Gasteiger partial charge in [0.05, 0.1) is 12.2 Å². The van der Waals surface area contributed by atoms with Gasteiger partial charge in [0, 0.05) is 5.92 Å². The van der Waals surface area contributed by atoms with Gasteiger partial charge in [-0.3, -0.25) is 0 Å². The molecule has 0 unspecified atom stereocenters. The smallest absolute Gasteiger partial charge is 0.127 e. The Bertz CT molecular complexity index is 529. The average Bonchev–Trinajstić information content (AvgIpc) is 3.09. The maximum atomic E-state index is 12.8. The molecule has 1 aromatic heterocycles. The van der Waals surface area contributed by atoms with Crippen molar-refractivity contribution in [3.8, 4) is 0 Å². The van der Waals surface area contributed by atoms with Crippen LogP contribution >= 0.6 is 11.6 Å². The largest absolute Gasteiger partial charge is 0.249 e. The molecule has 88 valence electrons. The van der Waals surface area contributed by atoms with E-state index >= 15 is 0 Å². The van der Waals surface area contributed by atoms with E-state index in [9.17, 15) is 4.39 Å². The Hall–Kier alpha value is -1.35. The van der Waals surface area contributed by atoms with Crippen LogP contribution in [0.1, 0.15) is 30.0 Å². The highest BCUT2D eigenvalue weighted by molar-refractivity contribution is 6.29. The van der Waals surface area contributed by atoms with Crippen molar-refractivity contribution in [2.24, 2.45) is 0 Å². The number of halogens is 2. The second-order valence-electron chi connectivity index (χ2n) is 4.45. The molecule has 1 heterocycles. The van der Waals surface area contributed by atoms with E-state index in [1.54, 1.807) is 16.8 Å². The fourth-order valence-corrected chi connectivity index (χ4v) is 2.07. The lowest BCUT2D eigenvalue weighted by atomic mass is 10.2. The molecule has 0 N–H and O–H groups in total. The summed E-state index contributed by atoms with van der Waals surface area (Å²) in [5.74, 6) is 0.376. The van der Waals surface area contributed by atoms with Crippen LogP contribution in [0.2, 0.25) is 5.15 Å². The topological polar surface area (TPSA) is 17.8 Å². The Morgan fingerprint density at radius 1 is 1.29 bits per heavy atom. The van der Waals surface area contributed by atoms with Gasteiger partial charge in [0.15, 0.2) is 0 Å². The molecule has 2 aromatic rings. The standard InChI is InChI=1S/C13H12ClFN2/c14-13-7-12(10-3-4-10)16-17(13)8-9-1-5-11(15)6-2-9/h1-2,5-7,10H,3-4,8H2. The predicted molar refractivity (Wildman–Crippen MR) is 64.7 cm³/mol. The molecular formula is C13H12ClFN2. The van der Waals surface area contributed by atoms with Gasteiger partial charge in [0.1, 0.15) is 11.0 Å². The summed E-state index contributed by atoms with van der Waals surface area (Å²) >= 11 is 6.12. The van der Waals surface area contributed by atoms with Gasteiger partial charge in [0.2, 0.25) is 0 Å². The number of hydrogen-bond acceptors (Lipinski definition) is 1. The quantitative estimate of drug-likeness (QED) is 0.814. The van der Waals surface area contributed by atoms with Gasteiger partial charge in [-0.25, -0.2) is 9.07 Å². The van der Waals surface area contributed by atoms with E-state index in [1.165, 1.54) is 25.0 Å². The molecule has 1 aromatic carbocycles. The van der Waals surface area contributed by atoms with E-state index in [0.717, 1.165) is 11.3 Å². The van der Waals surface area contributed by atoms with Gasteiger partial charge in [-0.05, 0) is 36.6 Å². The Balaban J connectivity index is 1.81. The van der Waals surface area contributed by atoms with E-state index in [1.807, 2.05) is 6.07 Å². The van der Waals surface area contributed by atoms with Crippen LogP contribution in [0.3, 0.4) is 0 Å². The van der Waals surface area contributed by atoms with Crippen molar-refractivity contribution in [1.29, 1.82) is 0 Å². The van der Waals surface area contributed by atoms with E-state index in [0.29, 0.717) is 17.6 Å². The van der Waals surface area contributed by atoms with Crippen molar-refractivity contribution in [3.05, 3.63) is 52.6 Å². The molecule has 4 heteroatoms. The lowest BCUT2D eigenvalue weighted by molar-refractivity contribution is 0.624. The molecule has 0 radical (unpaired) electrons. The number of hydrogen-bond donors (Lipinski definition) is 0. The number of rotatable bonds is 3. The first-order chi connectivity index (χ1) is 8.22. The second kappa shape index (κ2) is 4.15. The summed E-state index contributed by atoms with van der Waals surface area (Å²) in [5.41, 5.74) is 2.08. The summed E-state index contributed by atoms with van der Waals surface area (Å²) in [4.78, 5) is 0. The van der Waals surface area contributed by atoms with Crippen molar-refractivity contribution in [3.63, 3.8) is 0 Å². The Morgan fingerprint density at radius 2 is 2.00 bits per heavy atom. The zero-order chi connectivity index (χ0) is 11.8. The maximum absolute atomic E-state index is 12.8. The van der Waals surface area contributed by atoms with Gasteiger partial charge in [-0.1, -0.05) is 23.7 Å². The van der Waals surface area contributed by atoms with Crippen LogP contribution in [0.15, 0.2) is 30.3 Å². The fourth-order valence-electron chi connectivity index (χ4n) is 1.86. The molecule has 2 nitrogen and oxygen atoms in total. The molecule has 1 saturated carbocycles. The minimum Gasteiger partial charge on any atom is -0.249 e. The Labute approximate surface area is 104 Å². The summed E-state index contributed by atoms with van der Waals surface area (Å²) in [6.07, 6.45) is 2.42. The van der Waals surface area contributed by atoms with Gasteiger partial charge < -0.3 is 0 Å². The molecule has 1 aliphatic rings. The van der Waals surface area contributed by atoms with E-state index in [2.05, 4.69) is 5.10 Å². The molecule has 0 bridgehead atoms. The Morgan fingerprint density at radius 3 is 2.65 bits per heavy atom. The molecule has 0 atom stereocenters. The maximum Gasteiger partial charge on any atom is 0.127 e. The third-order valence-electron chi connectivity index (χ3n) is 2.99. The van der Waals surface area contributed by atoms with Crippen LogP contribution < -0.4 is 0 Å². The lowest BCUT2D eigenvalue weighted by Gasteiger charge is -2.03. The Kier molecular flexibility index (Phi) is 2.63. The number of benzene rings is 1. The zero-order valence-corrected chi connectivity index (χ0v) is 9.99. The fraction of sp³-hybridized carbons (Fsp3) is 0.308. The molecule has 0 amide bonds. The first-order valence-electron chi connectivity index (χ1n) is 5.70. The highest BCUT2D eigenvalue weighted by atomic mass is 35.5. The highest BCUT2D eigenvalue weighted by Gasteiger charge is 2.26. The SMILES string of the molecule is Fc1ccc(Cn2nc(C3CC3)cc2Cl)cc1. The lowest BCUT2D eigenvalue weighted by Crippen LogP contribution is -2.02.